The van der Waals surface area contributed by atoms with Gasteiger partial charge in [0.15, 0.2) is 11.6 Å². The molecule has 0 saturated heterocycles. The maximum Gasteiger partial charge on any atom is 0.165 e. The Morgan fingerprint density at radius 1 is 1.30 bits per heavy atom. The maximum absolute atomic E-state index is 13.9. The van der Waals surface area contributed by atoms with Crippen LogP contribution in [0.25, 0.3) is 0 Å². The van der Waals surface area contributed by atoms with Crippen molar-refractivity contribution >= 4 is 27.3 Å². The molecule has 0 radical (unpaired) electrons. The first-order valence-electron chi connectivity index (χ1n) is 6.44. The van der Waals surface area contributed by atoms with Gasteiger partial charge in [0.25, 0.3) is 0 Å². The quantitative estimate of drug-likeness (QED) is 0.806. The van der Waals surface area contributed by atoms with E-state index >= 15 is 0 Å². The van der Waals surface area contributed by atoms with Crippen LogP contribution in [0.5, 0.6) is 5.75 Å². The summed E-state index contributed by atoms with van der Waals surface area (Å²) in [5.74, 6) is 0.0221. The molecule has 0 saturated carbocycles. The predicted molar refractivity (Wildman–Crippen MR) is 84.7 cm³/mol. The number of rotatable bonds is 6. The molecular weight excluding hydrogens is 341 g/mol. The molecule has 5 heteroatoms. The SMILES string of the molecule is CC(C)NCc1cccc(F)c1OCc1ccc(Br)s1. The van der Waals surface area contributed by atoms with Crippen LogP contribution in [0, 0.1) is 5.82 Å². The highest BCUT2D eigenvalue weighted by molar-refractivity contribution is 9.11. The topological polar surface area (TPSA) is 21.3 Å². The minimum Gasteiger partial charge on any atom is -0.485 e. The lowest BCUT2D eigenvalue weighted by Gasteiger charge is -2.14. The van der Waals surface area contributed by atoms with Crippen molar-refractivity contribution in [1.82, 2.24) is 5.32 Å². The minimum atomic E-state index is -0.316. The molecule has 0 aliphatic carbocycles. The van der Waals surface area contributed by atoms with Crippen LogP contribution in [0.2, 0.25) is 0 Å². The molecule has 0 fully saturated rings. The van der Waals surface area contributed by atoms with Crippen molar-refractivity contribution in [2.45, 2.75) is 33.0 Å². The molecule has 0 atom stereocenters. The summed E-state index contributed by atoms with van der Waals surface area (Å²) in [7, 11) is 0. The Balaban J connectivity index is 2.08. The second-order valence-electron chi connectivity index (χ2n) is 4.76. The Hall–Kier alpha value is -0.910. The van der Waals surface area contributed by atoms with E-state index in [-0.39, 0.29) is 5.82 Å². The van der Waals surface area contributed by atoms with E-state index in [4.69, 9.17) is 4.74 Å². The van der Waals surface area contributed by atoms with Crippen molar-refractivity contribution in [2.75, 3.05) is 0 Å². The zero-order valence-corrected chi connectivity index (χ0v) is 13.9. The average molecular weight is 358 g/mol. The van der Waals surface area contributed by atoms with Crippen molar-refractivity contribution in [3.63, 3.8) is 0 Å². The minimum absolute atomic E-state index is 0.316. The molecule has 0 spiro atoms. The second kappa shape index (κ2) is 7.20. The van der Waals surface area contributed by atoms with Gasteiger partial charge in [-0.15, -0.1) is 11.3 Å². The number of para-hydroxylation sites is 1. The van der Waals surface area contributed by atoms with Gasteiger partial charge in [0.2, 0.25) is 0 Å². The van der Waals surface area contributed by atoms with Gasteiger partial charge in [-0.3, -0.25) is 0 Å². The molecular formula is C15H17BrFNOS. The lowest BCUT2D eigenvalue weighted by atomic mass is 10.2. The number of nitrogens with one attached hydrogen (secondary N) is 1. The highest BCUT2D eigenvalue weighted by Crippen LogP contribution is 2.27. The summed E-state index contributed by atoms with van der Waals surface area (Å²) < 4.78 is 20.6. The smallest absolute Gasteiger partial charge is 0.165 e. The summed E-state index contributed by atoms with van der Waals surface area (Å²) >= 11 is 5.00. The van der Waals surface area contributed by atoms with Gasteiger partial charge in [-0.1, -0.05) is 26.0 Å². The Bertz CT molecular complexity index is 571. The summed E-state index contributed by atoms with van der Waals surface area (Å²) in [5, 5.41) is 3.28. The van der Waals surface area contributed by atoms with E-state index in [9.17, 15) is 4.39 Å². The molecule has 0 aliphatic heterocycles. The normalized spacial score (nSPS) is 11.1. The number of hydrogen-bond donors (Lipinski definition) is 1. The summed E-state index contributed by atoms with van der Waals surface area (Å²) in [6.45, 7) is 5.09. The van der Waals surface area contributed by atoms with Crippen LogP contribution in [-0.2, 0) is 13.2 Å². The lowest BCUT2D eigenvalue weighted by molar-refractivity contribution is 0.289. The van der Waals surface area contributed by atoms with Crippen molar-refractivity contribution in [1.29, 1.82) is 0 Å². The van der Waals surface area contributed by atoms with Crippen LogP contribution in [-0.4, -0.2) is 6.04 Å². The van der Waals surface area contributed by atoms with Crippen LogP contribution >= 0.6 is 27.3 Å². The number of hydrogen-bond acceptors (Lipinski definition) is 3. The van der Waals surface area contributed by atoms with Crippen molar-refractivity contribution in [2.24, 2.45) is 0 Å². The number of ether oxygens (including phenoxy) is 1. The molecule has 0 unspecified atom stereocenters. The van der Waals surface area contributed by atoms with Gasteiger partial charge in [0, 0.05) is 23.0 Å². The number of thiophene rings is 1. The van der Waals surface area contributed by atoms with Crippen molar-refractivity contribution < 1.29 is 9.13 Å². The van der Waals surface area contributed by atoms with Crippen LogP contribution in [0.1, 0.15) is 24.3 Å². The van der Waals surface area contributed by atoms with Crippen LogP contribution < -0.4 is 10.1 Å². The fourth-order valence-corrected chi connectivity index (χ4v) is 3.14. The van der Waals surface area contributed by atoms with E-state index in [1.165, 1.54) is 6.07 Å². The molecule has 108 valence electrons. The summed E-state index contributed by atoms with van der Waals surface area (Å²) in [6.07, 6.45) is 0. The Morgan fingerprint density at radius 2 is 2.10 bits per heavy atom. The van der Waals surface area contributed by atoms with Crippen LogP contribution in [0.4, 0.5) is 4.39 Å². The summed E-state index contributed by atoms with van der Waals surface area (Å²) in [5.41, 5.74) is 0.842. The number of halogens is 2. The van der Waals surface area contributed by atoms with Gasteiger partial charge >= 0.3 is 0 Å². The monoisotopic (exact) mass is 357 g/mol. The Labute approximate surface area is 131 Å². The van der Waals surface area contributed by atoms with Crippen LogP contribution in [0.15, 0.2) is 34.1 Å². The molecule has 2 rings (SSSR count). The number of benzene rings is 1. The molecule has 20 heavy (non-hydrogen) atoms. The van der Waals surface area contributed by atoms with E-state index in [1.807, 2.05) is 18.2 Å². The van der Waals surface area contributed by atoms with E-state index in [1.54, 1.807) is 17.4 Å². The third kappa shape index (κ3) is 4.30. The molecule has 1 heterocycles. The molecule has 1 N–H and O–H groups in total. The first-order valence-corrected chi connectivity index (χ1v) is 8.05. The molecule has 1 aromatic carbocycles. The predicted octanol–water partition coefficient (Wildman–Crippen LogP) is 4.73. The Morgan fingerprint density at radius 3 is 2.75 bits per heavy atom. The Kier molecular flexibility index (Phi) is 5.57. The van der Waals surface area contributed by atoms with E-state index in [0.717, 1.165) is 14.2 Å². The highest BCUT2D eigenvalue weighted by atomic mass is 79.9. The standard InChI is InChI=1S/C15H17BrFNOS/c1-10(2)18-8-11-4-3-5-13(17)15(11)19-9-12-6-7-14(16)20-12/h3-7,10,18H,8-9H2,1-2H3. The molecule has 2 aromatic rings. The van der Waals surface area contributed by atoms with Gasteiger partial charge in [0.05, 0.1) is 3.79 Å². The fourth-order valence-electron chi connectivity index (χ4n) is 1.74. The molecule has 0 amide bonds. The average Bonchev–Trinajstić information content (AvgIpc) is 2.81. The van der Waals surface area contributed by atoms with Crippen molar-refractivity contribution in [3.8, 4) is 5.75 Å². The molecule has 0 aliphatic rings. The van der Waals surface area contributed by atoms with Gasteiger partial charge in [-0.25, -0.2) is 4.39 Å². The van der Waals surface area contributed by atoms with Crippen molar-refractivity contribution in [3.05, 3.63) is 50.4 Å². The maximum atomic E-state index is 13.9. The van der Waals surface area contributed by atoms with E-state index < -0.39 is 0 Å². The van der Waals surface area contributed by atoms with Gasteiger partial charge in [-0.2, -0.15) is 0 Å². The zero-order chi connectivity index (χ0) is 14.5. The first kappa shape index (κ1) is 15.5. The van der Waals surface area contributed by atoms with E-state index in [0.29, 0.717) is 24.9 Å². The third-order valence-corrected chi connectivity index (χ3v) is 4.33. The lowest BCUT2D eigenvalue weighted by Crippen LogP contribution is -2.22. The largest absolute Gasteiger partial charge is 0.485 e. The highest BCUT2D eigenvalue weighted by Gasteiger charge is 2.11. The third-order valence-electron chi connectivity index (χ3n) is 2.74. The summed E-state index contributed by atoms with van der Waals surface area (Å²) in [4.78, 5) is 1.06. The zero-order valence-electron chi connectivity index (χ0n) is 11.5. The van der Waals surface area contributed by atoms with Gasteiger partial charge in [0.1, 0.15) is 6.61 Å². The van der Waals surface area contributed by atoms with Gasteiger partial charge < -0.3 is 10.1 Å². The molecule has 1 aromatic heterocycles. The first-order chi connectivity index (χ1) is 9.56. The van der Waals surface area contributed by atoms with Crippen LogP contribution in [0.3, 0.4) is 0 Å². The summed E-state index contributed by atoms with van der Waals surface area (Å²) in [6, 6.07) is 9.31. The van der Waals surface area contributed by atoms with Gasteiger partial charge in [-0.05, 0) is 34.1 Å². The molecule has 2 nitrogen and oxygen atoms in total. The fraction of sp³-hybridized carbons (Fsp3) is 0.333. The van der Waals surface area contributed by atoms with E-state index in [2.05, 4.69) is 35.1 Å². The second-order valence-corrected chi connectivity index (χ2v) is 7.31. The molecule has 0 bridgehead atoms.